The Kier molecular flexibility index (Phi) is 8.36. The molecule has 0 bridgehead atoms. The van der Waals surface area contributed by atoms with Crippen LogP contribution in [0.2, 0.25) is 0 Å². The van der Waals surface area contributed by atoms with Gasteiger partial charge in [-0.25, -0.2) is 0 Å². The van der Waals surface area contributed by atoms with E-state index < -0.39 is 24.0 Å². The smallest absolute Gasteiger partial charge is 0.178 e. The van der Waals surface area contributed by atoms with E-state index in [1.807, 2.05) is 24.3 Å². The van der Waals surface area contributed by atoms with Crippen molar-refractivity contribution in [3.8, 4) is 46.0 Å². The number of ether oxygens (including phenoxy) is 8. The van der Waals surface area contributed by atoms with E-state index in [0.29, 0.717) is 34.1 Å². The van der Waals surface area contributed by atoms with Crippen LogP contribution in [-0.4, -0.2) is 54.2 Å². The maximum absolute atomic E-state index is 14.9. The number of carbonyl (C=O) groups excluding carboxylic acids is 2. The lowest BCUT2D eigenvalue weighted by Crippen LogP contribution is -2.45. The highest BCUT2D eigenvalue weighted by molar-refractivity contribution is 6.11. The Bertz CT molecular complexity index is 1630. The molecule has 4 aromatic rings. The number of methoxy groups -OCH3 is 6. The van der Waals surface area contributed by atoms with Crippen molar-refractivity contribution >= 4 is 11.6 Å². The van der Waals surface area contributed by atoms with Crippen molar-refractivity contribution in [1.82, 2.24) is 0 Å². The molecule has 6 rings (SSSR count). The molecule has 0 aromatic heterocycles. The molecule has 10 nitrogen and oxygen atoms in total. The van der Waals surface area contributed by atoms with E-state index in [2.05, 4.69) is 0 Å². The molecule has 0 fully saturated rings. The molecule has 0 spiro atoms. The Hall–Kier alpha value is -5.38. The number of ketones is 2. The van der Waals surface area contributed by atoms with Gasteiger partial charge in [-0.1, -0.05) is 24.3 Å². The van der Waals surface area contributed by atoms with E-state index in [1.165, 1.54) is 28.4 Å². The van der Waals surface area contributed by atoms with Gasteiger partial charge in [0.1, 0.15) is 69.3 Å². The number of rotatable bonds is 9. The van der Waals surface area contributed by atoms with Crippen molar-refractivity contribution < 1.29 is 47.5 Å². The molecule has 2 aliphatic rings. The van der Waals surface area contributed by atoms with Gasteiger partial charge >= 0.3 is 0 Å². The van der Waals surface area contributed by atoms with E-state index in [1.54, 1.807) is 62.8 Å². The van der Waals surface area contributed by atoms with Gasteiger partial charge in [-0.15, -0.1) is 0 Å². The molecule has 0 unspecified atom stereocenters. The van der Waals surface area contributed by atoms with Crippen LogP contribution in [0.15, 0.2) is 72.8 Å². The highest BCUT2D eigenvalue weighted by Gasteiger charge is 2.53. The lowest BCUT2D eigenvalue weighted by molar-refractivity contribution is 0.0129. The summed E-state index contributed by atoms with van der Waals surface area (Å²) in [5.74, 6) is 0.501. The second-order valence-corrected chi connectivity index (χ2v) is 10.8. The van der Waals surface area contributed by atoms with Gasteiger partial charge in [0.25, 0.3) is 0 Å². The summed E-state index contributed by atoms with van der Waals surface area (Å²) >= 11 is 0. The molecule has 4 atom stereocenters. The fourth-order valence-electron chi connectivity index (χ4n) is 6.23. The van der Waals surface area contributed by atoms with Crippen LogP contribution in [0.4, 0.5) is 0 Å². The van der Waals surface area contributed by atoms with Crippen molar-refractivity contribution in [2.75, 3.05) is 42.7 Å². The molecule has 0 amide bonds. The molecule has 2 heterocycles. The standard InChI is InChI=1S/C36H34O10/c1-39-21-11-7-19(8-12-21)35-31(33(37)29-25(43-5)15-23(41-3)17-27(29)45-35)32-34(38)30-26(44-6)16-24(42-4)18-28(30)46-36(32)20-9-13-22(40-2)14-10-20/h7-18,31-32,35-36H,1-6H3/t31-,32-,35-,36-/m1/s1. The molecule has 0 radical (unpaired) electrons. The molecule has 4 aromatic carbocycles. The Morgan fingerprint density at radius 1 is 0.457 bits per heavy atom. The molecule has 238 valence electrons. The first-order chi connectivity index (χ1) is 22.3. The molecule has 0 saturated carbocycles. The second-order valence-electron chi connectivity index (χ2n) is 10.8. The zero-order valence-electron chi connectivity index (χ0n) is 26.3. The summed E-state index contributed by atoms with van der Waals surface area (Å²) in [4.78, 5) is 29.8. The number of Topliss-reactive ketones (excluding diaryl/α,β-unsaturated/α-hetero) is 2. The van der Waals surface area contributed by atoms with Crippen molar-refractivity contribution in [3.63, 3.8) is 0 Å². The maximum Gasteiger partial charge on any atom is 0.178 e. The molecule has 0 aliphatic carbocycles. The highest BCUT2D eigenvalue weighted by Crippen LogP contribution is 2.54. The van der Waals surface area contributed by atoms with Gasteiger partial charge in [0.15, 0.2) is 11.6 Å². The second kappa shape index (κ2) is 12.5. The summed E-state index contributed by atoms with van der Waals surface area (Å²) in [6.07, 6.45) is -1.79. The number of hydrogen-bond acceptors (Lipinski definition) is 10. The van der Waals surface area contributed by atoms with E-state index in [0.717, 1.165) is 0 Å². The van der Waals surface area contributed by atoms with E-state index >= 15 is 0 Å². The summed E-state index contributed by atoms with van der Waals surface area (Å²) in [7, 11) is 9.13. The lowest BCUT2D eigenvalue weighted by atomic mass is 9.69. The van der Waals surface area contributed by atoms with E-state index in [-0.39, 0.29) is 45.7 Å². The Labute approximate surface area is 266 Å². The zero-order chi connectivity index (χ0) is 32.5. The van der Waals surface area contributed by atoms with Crippen LogP contribution in [0.5, 0.6) is 46.0 Å². The summed E-state index contributed by atoms with van der Waals surface area (Å²) in [6, 6.07) is 21.0. The number of hydrogen-bond donors (Lipinski definition) is 0. The van der Waals surface area contributed by atoms with Crippen LogP contribution in [-0.2, 0) is 0 Å². The van der Waals surface area contributed by atoms with Gasteiger partial charge in [-0.2, -0.15) is 0 Å². The van der Waals surface area contributed by atoms with Crippen molar-refractivity contribution in [2.45, 2.75) is 12.2 Å². The van der Waals surface area contributed by atoms with Gasteiger partial charge in [-0.3, -0.25) is 9.59 Å². The topological polar surface area (TPSA) is 108 Å². The van der Waals surface area contributed by atoms with Crippen molar-refractivity contribution in [2.24, 2.45) is 11.8 Å². The van der Waals surface area contributed by atoms with Crippen LogP contribution >= 0.6 is 0 Å². The Morgan fingerprint density at radius 3 is 1.11 bits per heavy atom. The number of benzene rings is 4. The Morgan fingerprint density at radius 2 is 0.804 bits per heavy atom. The third-order valence-electron chi connectivity index (χ3n) is 8.52. The molecular formula is C36H34O10. The molecule has 0 N–H and O–H groups in total. The third kappa shape index (κ3) is 5.19. The minimum atomic E-state index is -1.05. The summed E-state index contributed by atoms with van der Waals surface area (Å²) < 4.78 is 46.3. The monoisotopic (exact) mass is 626 g/mol. The number of carbonyl (C=O) groups is 2. The lowest BCUT2D eigenvalue weighted by Gasteiger charge is -2.42. The van der Waals surface area contributed by atoms with Crippen LogP contribution in [0, 0.1) is 11.8 Å². The van der Waals surface area contributed by atoms with Gasteiger partial charge in [-0.05, 0) is 35.4 Å². The fraction of sp³-hybridized carbons (Fsp3) is 0.278. The number of fused-ring (bicyclic) bond motifs is 2. The largest absolute Gasteiger partial charge is 0.497 e. The minimum absolute atomic E-state index is 0.215. The van der Waals surface area contributed by atoms with Crippen LogP contribution < -0.4 is 37.9 Å². The quantitative estimate of drug-likeness (QED) is 0.210. The molecule has 10 heteroatoms. The van der Waals surface area contributed by atoms with Gasteiger partial charge in [0.05, 0.1) is 54.5 Å². The van der Waals surface area contributed by atoms with Crippen LogP contribution in [0.3, 0.4) is 0 Å². The summed E-state index contributed by atoms with van der Waals surface area (Å²) in [5, 5.41) is 0. The third-order valence-corrected chi connectivity index (χ3v) is 8.52. The summed E-state index contributed by atoms with van der Waals surface area (Å²) in [6.45, 7) is 0. The van der Waals surface area contributed by atoms with Gasteiger partial charge < -0.3 is 37.9 Å². The predicted molar refractivity (Wildman–Crippen MR) is 167 cm³/mol. The zero-order valence-corrected chi connectivity index (χ0v) is 26.3. The van der Waals surface area contributed by atoms with Crippen LogP contribution in [0.1, 0.15) is 44.1 Å². The summed E-state index contributed by atoms with van der Waals surface area (Å²) in [5.41, 5.74) is 1.76. The van der Waals surface area contributed by atoms with Gasteiger partial charge in [0.2, 0.25) is 0 Å². The maximum atomic E-state index is 14.9. The molecule has 46 heavy (non-hydrogen) atoms. The molecule has 2 aliphatic heterocycles. The average Bonchev–Trinajstić information content (AvgIpc) is 3.10. The van der Waals surface area contributed by atoms with E-state index in [4.69, 9.17) is 37.9 Å². The van der Waals surface area contributed by atoms with Crippen molar-refractivity contribution in [3.05, 3.63) is 95.1 Å². The van der Waals surface area contributed by atoms with Crippen molar-refractivity contribution in [1.29, 1.82) is 0 Å². The normalized spacial score (nSPS) is 20.0. The first-order valence-electron chi connectivity index (χ1n) is 14.6. The predicted octanol–water partition coefficient (Wildman–Crippen LogP) is 6.30. The first-order valence-corrected chi connectivity index (χ1v) is 14.6. The fourth-order valence-corrected chi connectivity index (χ4v) is 6.23. The minimum Gasteiger partial charge on any atom is -0.497 e. The molecular weight excluding hydrogens is 592 g/mol. The van der Waals surface area contributed by atoms with Gasteiger partial charge in [0, 0.05) is 24.3 Å². The Balaban J connectivity index is 1.59. The first kappa shape index (κ1) is 30.6. The van der Waals surface area contributed by atoms with Crippen LogP contribution in [0.25, 0.3) is 0 Å². The SMILES string of the molecule is COc1ccc([C@H]2Oc3cc(OC)cc(OC)c3C(=O)[C@H]2[C@@H]2C(=O)c3c(OC)cc(OC)cc3O[C@@H]2c2ccc(OC)cc2)cc1. The van der Waals surface area contributed by atoms with E-state index in [9.17, 15) is 9.59 Å². The molecule has 0 saturated heterocycles. The highest BCUT2D eigenvalue weighted by atomic mass is 16.5. The average molecular weight is 627 g/mol.